The van der Waals surface area contributed by atoms with Gasteiger partial charge in [0.05, 0.1) is 12.6 Å². The van der Waals surface area contributed by atoms with Gasteiger partial charge in [-0.05, 0) is 24.5 Å². The molecule has 0 radical (unpaired) electrons. The van der Waals surface area contributed by atoms with Gasteiger partial charge in [0.25, 0.3) is 0 Å². The van der Waals surface area contributed by atoms with E-state index in [0.29, 0.717) is 6.54 Å². The number of rotatable bonds is 6. The maximum Gasteiger partial charge on any atom is 0.164 e. The van der Waals surface area contributed by atoms with Gasteiger partial charge in [-0.2, -0.15) is 0 Å². The summed E-state index contributed by atoms with van der Waals surface area (Å²) in [6.45, 7) is 3.19. The number of hydrogen-bond acceptors (Lipinski definition) is 6. The molecule has 5 rings (SSSR count). The van der Waals surface area contributed by atoms with Gasteiger partial charge in [-0.3, -0.25) is 5.01 Å². The summed E-state index contributed by atoms with van der Waals surface area (Å²) in [7, 11) is 0. The molecular weight excluding hydrogens is 404 g/mol. The van der Waals surface area contributed by atoms with Crippen LogP contribution >= 0.6 is 0 Å². The third-order valence-corrected chi connectivity index (χ3v) is 6.16. The van der Waals surface area contributed by atoms with Crippen LogP contribution in [-0.2, 0) is 17.7 Å². The minimum absolute atomic E-state index is 0.447. The highest BCUT2D eigenvalue weighted by Gasteiger charge is 2.42. The molecule has 1 saturated heterocycles. The third-order valence-electron chi connectivity index (χ3n) is 6.16. The van der Waals surface area contributed by atoms with Gasteiger partial charge in [0, 0.05) is 23.9 Å². The monoisotopic (exact) mass is 432 g/mol. The molecular formula is C25H28N4O3. The van der Waals surface area contributed by atoms with Crippen LogP contribution in [0.5, 0.6) is 0 Å². The van der Waals surface area contributed by atoms with Crippen molar-refractivity contribution in [1.82, 2.24) is 15.0 Å². The van der Waals surface area contributed by atoms with E-state index in [1.165, 1.54) is 5.56 Å². The van der Waals surface area contributed by atoms with E-state index in [1.54, 1.807) is 13.3 Å². The molecule has 3 aromatic rings. The van der Waals surface area contributed by atoms with Crippen molar-refractivity contribution in [1.29, 1.82) is 0 Å². The van der Waals surface area contributed by atoms with Crippen molar-refractivity contribution in [3.05, 3.63) is 78.0 Å². The van der Waals surface area contributed by atoms with Crippen molar-refractivity contribution < 1.29 is 14.9 Å². The second kappa shape index (κ2) is 8.88. The Labute approximate surface area is 187 Å². The number of benzene rings is 2. The molecule has 7 heteroatoms. The fourth-order valence-electron chi connectivity index (χ4n) is 4.39. The van der Waals surface area contributed by atoms with Gasteiger partial charge in [0.15, 0.2) is 6.23 Å². The smallest absolute Gasteiger partial charge is 0.164 e. The molecule has 2 aliphatic heterocycles. The van der Waals surface area contributed by atoms with Crippen molar-refractivity contribution in [2.24, 2.45) is 4.99 Å². The SMILES string of the molecule is C[C@H]1O[C@@H](n2cc(-c3ccccc3)c3c2N=CN(NCCc2ccccc2)C3)[C@H](O)[C@@H]1O. The lowest BCUT2D eigenvalue weighted by molar-refractivity contribution is -0.0309. The topological polar surface area (TPSA) is 82.2 Å². The quantitative estimate of drug-likeness (QED) is 0.558. The van der Waals surface area contributed by atoms with Gasteiger partial charge >= 0.3 is 0 Å². The van der Waals surface area contributed by atoms with Gasteiger partial charge in [-0.1, -0.05) is 60.7 Å². The van der Waals surface area contributed by atoms with Crippen LogP contribution < -0.4 is 5.43 Å². The summed E-state index contributed by atoms with van der Waals surface area (Å²) in [5.74, 6) is 0.746. The number of hydrazine groups is 1. The number of aliphatic hydroxyl groups excluding tert-OH is 2. The summed E-state index contributed by atoms with van der Waals surface area (Å²) in [5.41, 5.74) is 7.89. The van der Waals surface area contributed by atoms with Gasteiger partial charge in [0.2, 0.25) is 0 Å². The molecule has 7 nitrogen and oxygen atoms in total. The van der Waals surface area contributed by atoms with E-state index in [0.717, 1.165) is 35.5 Å². The Morgan fingerprint density at radius 2 is 1.75 bits per heavy atom. The van der Waals surface area contributed by atoms with Crippen LogP contribution in [-0.4, -0.2) is 51.0 Å². The molecule has 3 N–H and O–H groups in total. The number of hydrogen-bond donors (Lipinski definition) is 3. The standard InChI is InChI=1S/C25H28N4O3/c1-17-22(30)23(31)25(32-17)29-15-20(19-10-6-3-7-11-19)21-14-28(16-26-24(21)29)27-13-12-18-8-4-2-5-9-18/h2-11,15-17,22-23,25,27,30-31H,12-14H2,1H3/t17-,22-,23-,25-/m1/s1. The van der Waals surface area contributed by atoms with Crippen LogP contribution in [0.2, 0.25) is 0 Å². The van der Waals surface area contributed by atoms with Gasteiger partial charge in [-0.15, -0.1) is 0 Å². The predicted octanol–water partition coefficient (Wildman–Crippen LogP) is 3.02. The molecule has 0 unspecified atom stereocenters. The third kappa shape index (κ3) is 3.96. The molecule has 0 amide bonds. The highest BCUT2D eigenvalue weighted by molar-refractivity contribution is 5.77. The maximum absolute atomic E-state index is 10.6. The Kier molecular flexibility index (Phi) is 5.80. The van der Waals surface area contributed by atoms with Crippen molar-refractivity contribution in [3.63, 3.8) is 0 Å². The lowest BCUT2D eigenvalue weighted by Gasteiger charge is -2.26. The second-order valence-corrected chi connectivity index (χ2v) is 8.35. The van der Waals surface area contributed by atoms with Gasteiger partial charge in [0.1, 0.15) is 24.4 Å². The number of aliphatic imine (C=N–C) groups is 1. The van der Waals surface area contributed by atoms with E-state index in [4.69, 9.17) is 9.73 Å². The minimum atomic E-state index is -1.01. The summed E-state index contributed by atoms with van der Waals surface area (Å²) in [4.78, 5) is 4.70. The van der Waals surface area contributed by atoms with Gasteiger partial charge < -0.3 is 19.5 Å². The van der Waals surface area contributed by atoms with E-state index in [-0.39, 0.29) is 0 Å². The number of aliphatic hydroxyl groups is 2. The lowest BCUT2D eigenvalue weighted by atomic mass is 10.0. The number of ether oxygens (including phenoxy) is 1. The van der Waals surface area contributed by atoms with E-state index >= 15 is 0 Å². The molecule has 0 saturated carbocycles. The summed E-state index contributed by atoms with van der Waals surface area (Å²) >= 11 is 0. The summed E-state index contributed by atoms with van der Waals surface area (Å²) in [6, 6.07) is 20.5. The first kappa shape index (κ1) is 20.9. The van der Waals surface area contributed by atoms with Gasteiger partial charge in [-0.25, -0.2) is 10.4 Å². The lowest BCUT2D eigenvalue weighted by Crippen LogP contribution is -2.39. The Hall–Kier alpha value is -2.97. The van der Waals surface area contributed by atoms with E-state index in [1.807, 2.05) is 40.0 Å². The summed E-state index contributed by atoms with van der Waals surface area (Å²) < 4.78 is 7.74. The Bertz CT molecular complexity index is 1080. The highest BCUT2D eigenvalue weighted by Crippen LogP contribution is 2.41. The van der Waals surface area contributed by atoms with Crippen LogP contribution in [0, 0.1) is 0 Å². The number of nitrogens with zero attached hydrogens (tertiary/aromatic N) is 3. The van der Waals surface area contributed by atoms with E-state index in [2.05, 4.69) is 41.8 Å². The molecule has 0 aliphatic carbocycles. The molecule has 4 atom stereocenters. The van der Waals surface area contributed by atoms with Crippen LogP contribution in [0.3, 0.4) is 0 Å². The molecule has 2 aromatic carbocycles. The predicted molar refractivity (Wildman–Crippen MR) is 123 cm³/mol. The number of fused-ring (bicyclic) bond motifs is 1. The minimum Gasteiger partial charge on any atom is -0.388 e. The molecule has 0 bridgehead atoms. The first-order valence-electron chi connectivity index (χ1n) is 11.0. The van der Waals surface area contributed by atoms with Crippen molar-refractivity contribution in [2.45, 2.75) is 44.4 Å². The molecule has 1 aromatic heterocycles. The Morgan fingerprint density at radius 1 is 1.03 bits per heavy atom. The number of nitrogens with one attached hydrogen (secondary N) is 1. The molecule has 32 heavy (non-hydrogen) atoms. The maximum atomic E-state index is 10.6. The molecule has 1 fully saturated rings. The zero-order valence-electron chi connectivity index (χ0n) is 18.0. The Morgan fingerprint density at radius 3 is 2.44 bits per heavy atom. The van der Waals surface area contributed by atoms with Crippen LogP contribution in [0.4, 0.5) is 5.82 Å². The molecule has 166 valence electrons. The van der Waals surface area contributed by atoms with Crippen LogP contribution in [0.1, 0.15) is 24.3 Å². The average Bonchev–Trinajstić information content (AvgIpc) is 3.32. The fourth-order valence-corrected chi connectivity index (χ4v) is 4.39. The first-order chi connectivity index (χ1) is 15.6. The summed E-state index contributed by atoms with van der Waals surface area (Å²) in [5, 5.41) is 22.8. The molecule has 0 spiro atoms. The van der Waals surface area contributed by atoms with Crippen molar-refractivity contribution in [3.8, 4) is 11.1 Å². The van der Waals surface area contributed by atoms with E-state index < -0.39 is 24.5 Å². The summed E-state index contributed by atoms with van der Waals surface area (Å²) in [6.07, 6.45) is 1.60. The fraction of sp³-hybridized carbons (Fsp3) is 0.320. The molecule has 2 aliphatic rings. The zero-order valence-corrected chi connectivity index (χ0v) is 18.0. The Balaban J connectivity index is 1.41. The van der Waals surface area contributed by atoms with Crippen LogP contribution in [0.15, 0.2) is 71.9 Å². The second-order valence-electron chi connectivity index (χ2n) is 8.35. The first-order valence-corrected chi connectivity index (χ1v) is 11.0. The highest BCUT2D eigenvalue weighted by atomic mass is 16.6. The average molecular weight is 433 g/mol. The van der Waals surface area contributed by atoms with Crippen molar-refractivity contribution in [2.75, 3.05) is 6.54 Å². The molecule has 3 heterocycles. The largest absolute Gasteiger partial charge is 0.388 e. The number of aromatic nitrogens is 1. The van der Waals surface area contributed by atoms with E-state index in [9.17, 15) is 10.2 Å². The van der Waals surface area contributed by atoms with Crippen molar-refractivity contribution >= 4 is 12.2 Å². The zero-order chi connectivity index (χ0) is 22.1. The van der Waals surface area contributed by atoms with Crippen LogP contribution in [0.25, 0.3) is 11.1 Å². The normalized spacial score (nSPS) is 24.7.